The van der Waals surface area contributed by atoms with Crippen molar-refractivity contribution in [2.24, 2.45) is 10.7 Å². The van der Waals surface area contributed by atoms with E-state index in [9.17, 15) is 4.79 Å². The van der Waals surface area contributed by atoms with Crippen molar-refractivity contribution in [3.63, 3.8) is 0 Å². The number of amides is 1. The number of nitrogens with two attached hydrogens (primary N) is 1. The first-order chi connectivity index (χ1) is 11.6. The molecule has 132 valence electrons. The first kappa shape index (κ1) is 19.5. The molecule has 1 aromatic rings. The van der Waals surface area contributed by atoms with E-state index in [2.05, 4.69) is 21.8 Å². The highest BCUT2D eigenvalue weighted by Gasteiger charge is 2.05. The number of benzene rings is 1. The van der Waals surface area contributed by atoms with Crippen LogP contribution in [0.5, 0.6) is 5.75 Å². The van der Waals surface area contributed by atoms with Crippen LogP contribution >= 0.6 is 0 Å². The number of carbonyl (C=O) groups excluding carboxylic acids is 1. The van der Waals surface area contributed by atoms with Gasteiger partial charge >= 0.3 is 0 Å². The zero-order valence-corrected chi connectivity index (χ0v) is 14.6. The molecular formula is C18H28N4O2. The molecule has 1 rings (SSSR count). The van der Waals surface area contributed by atoms with E-state index in [0.29, 0.717) is 12.3 Å². The number of rotatable bonds is 10. The maximum absolute atomic E-state index is 10.8. The summed E-state index contributed by atoms with van der Waals surface area (Å²) < 4.78 is 5.32. The highest BCUT2D eigenvalue weighted by Crippen LogP contribution is 2.14. The number of unbranched alkanes of at least 4 members (excludes halogenated alkanes) is 1. The van der Waals surface area contributed by atoms with Crippen molar-refractivity contribution in [1.82, 2.24) is 10.2 Å². The Morgan fingerprint density at radius 2 is 2.29 bits per heavy atom. The lowest BCUT2D eigenvalue weighted by molar-refractivity contribution is -0.119. The van der Waals surface area contributed by atoms with E-state index in [-0.39, 0.29) is 6.61 Å². The minimum atomic E-state index is -0.492. The van der Waals surface area contributed by atoms with Crippen molar-refractivity contribution in [1.29, 1.82) is 0 Å². The van der Waals surface area contributed by atoms with Gasteiger partial charge in [0.15, 0.2) is 12.6 Å². The topological polar surface area (TPSA) is 79.9 Å². The molecule has 0 aliphatic heterocycles. The van der Waals surface area contributed by atoms with Crippen LogP contribution in [0.3, 0.4) is 0 Å². The van der Waals surface area contributed by atoms with Gasteiger partial charge in [-0.1, -0.05) is 18.2 Å². The van der Waals surface area contributed by atoms with Gasteiger partial charge in [0.2, 0.25) is 0 Å². The fourth-order valence-electron chi connectivity index (χ4n) is 2.10. The Hall–Kier alpha value is -2.50. The Morgan fingerprint density at radius 1 is 1.50 bits per heavy atom. The molecular weight excluding hydrogens is 304 g/mol. The van der Waals surface area contributed by atoms with E-state index < -0.39 is 5.91 Å². The largest absolute Gasteiger partial charge is 0.484 e. The smallest absolute Gasteiger partial charge is 0.255 e. The predicted molar refractivity (Wildman–Crippen MR) is 98.0 cm³/mol. The molecule has 0 aliphatic carbocycles. The number of primary amides is 1. The van der Waals surface area contributed by atoms with Gasteiger partial charge in [0.05, 0.1) is 6.54 Å². The van der Waals surface area contributed by atoms with Gasteiger partial charge in [0.25, 0.3) is 5.91 Å². The maximum Gasteiger partial charge on any atom is 0.255 e. The summed E-state index contributed by atoms with van der Waals surface area (Å²) in [7, 11) is 2.02. The van der Waals surface area contributed by atoms with Crippen LogP contribution in [0.15, 0.2) is 41.9 Å². The molecule has 0 fully saturated rings. The fourth-order valence-corrected chi connectivity index (χ4v) is 2.10. The highest BCUT2D eigenvalue weighted by atomic mass is 16.5. The van der Waals surface area contributed by atoms with Gasteiger partial charge in [-0.25, -0.2) is 4.99 Å². The molecule has 0 aliphatic rings. The van der Waals surface area contributed by atoms with Gasteiger partial charge in [-0.2, -0.15) is 0 Å². The van der Waals surface area contributed by atoms with Crippen LogP contribution in [0.25, 0.3) is 0 Å². The van der Waals surface area contributed by atoms with Gasteiger partial charge < -0.3 is 20.7 Å². The SMILES string of the molecule is C=CCCCN(C)C(=NCc1cccc(OCC(N)=O)c1)NCC. The van der Waals surface area contributed by atoms with E-state index >= 15 is 0 Å². The van der Waals surface area contributed by atoms with Crippen molar-refractivity contribution < 1.29 is 9.53 Å². The zero-order chi connectivity index (χ0) is 17.8. The van der Waals surface area contributed by atoms with E-state index in [1.807, 2.05) is 38.2 Å². The molecule has 0 atom stereocenters. The van der Waals surface area contributed by atoms with Gasteiger partial charge in [-0.15, -0.1) is 6.58 Å². The third-order valence-corrected chi connectivity index (χ3v) is 3.29. The van der Waals surface area contributed by atoms with Crippen LogP contribution < -0.4 is 15.8 Å². The lowest BCUT2D eigenvalue weighted by atomic mass is 10.2. The summed E-state index contributed by atoms with van der Waals surface area (Å²) in [6.07, 6.45) is 3.96. The quantitative estimate of drug-likeness (QED) is 0.297. The molecule has 0 saturated heterocycles. The Bertz CT molecular complexity index is 558. The molecule has 0 radical (unpaired) electrons. The van der Waals surface area contributed by atoms with Gasteiger partial charge in [-0.05, 0) is 37.5 Å². The van der Waals surface area contributed by atoms with Crippen LogP contribution in [0.4, 0.5) is 0 Å². The molecule has 0 spiro atoms. The number of hydrogen-bond donors (Lipinski definition) is 2. The fraction of sp³-hybridized carbons (Fsp3) is 0.444. The molecule has 1 amide bonds. The monoisotopic (exact) mass is 332 g/mol. The Labute approximate surface area is 144 Å². The van der Waals surface area contributed by atoms with Crippen molar-refractivity contribution in [2.75, 3.05) is 26.7 Å². The molecule has 0 aromatic heterocycles. The molecule has 6 nitrogen and oxygen atoms in total. The molecule has 3 N–H and O–H groups in total. The van der Waals surface area contributed by atoms with Gasteiger partial charge in [-0.3, -0.25) is 4.79 Å². The second-order valence-corrected chi connectivity index (χ2v) is 5.43. The number of nitrogens with one attached hydrogen (secondary N) is 1. The number of hydrogen-bond acceptors (Lipinski definition) is 3. The molecule has 1 aromatic carbocycles. The summed E-state index contributed by atoms with van der Waals surface area (Å²) in [5.41, 5.74) is 6.09. The first-order valence-electron chi connectivity index (χ1n) is 8.17. The number of aliphatic imine (C=N–C) groups is 1. The van der Waals surface area contributed by atoms with E-state index in [1.54, 1.807) is 6.07 Å². The number of nitrogens with zero attached hydrogens (tertiary/aromatic N) is 2. The lowest BCUT2D eigenvalue weighted by Gasteiger charge is -2.21. The van der Waals surface area contributed by atoms with Crippen LogP contribution in [0.2, 0.25) is 0 Å². The predicted octanol–water partition coefficient (Wildman–Crippen LogP) is 1.91. The number of carbonyl (C=O) groups is 1. The molecule has 24 heavy (non-hydrogen) atoms. The molecule has 6 heteroatoms. The molecule has 0 saturated carbocycles. The molecule has 0 bridgehead atoms. The summed E-state index contributed by atoms with van der Waals surface area (Å²) in [4.78, 5) is 17.6. The standard InChI is InChI=1S/C18H28N4O2/c1-4-6-7-11-22(3)18(20-5-2)21-13-15-9-8-10-16(12-15)24-14-17(19)23/h4,8-10,12H,1,5-7,11,13-14H2,2-3H3,(H2,19,23)(H,20,21). The maximum atomic E-state index is 10.8. The van der Waals surface area contributed by atoms with E-state index in [0.717, 1.165) is 37.5 Å². The minimum Gasteiger partial charge on any atom is -0.484 e. The number of ether oxygens (including phenoxy) is 1. The Morgan fingerprint density at radius 3 is 2.96 bits per heavy atom. The van der Waals surface area contributed by atoms with Crippen molar-refractivity contribution in [3.05, 3.63) is 42.5 Å². The van der Waals surface area contributed by atoms with E-state index in [4.69, 9.17) is 10.5 Å². The Kier molecular flexibility index (Phi) is 9.04. The summed E-state index contributed by atoms with van der Waals surface area (Å²) in [5, 5.41) is 3.29. The first-order valence-corrected chi connectivity index (χ1v) is 8.17. The zero-order valence-electron chi connectivity index (χ0n) is 14.6. The normalized spacial score (nSPS) is 11.0. The van der Waals surface area contributed by atoms with Crippen LogP contribution in [-0.2, 0) is 11.3 Å². The Balaban J connectivity index is 2.69. The lowest BCUT2D eigenvalue weighted by Crippen LogP contribution is -2.39. The third-order valence-electron chi connectivity index (χ3n) is 3.29. The van der Waals surface area contributed by atoms with Crippen LogP contribution in [0, 0.1) is 0 Å². The van der Waals surface area contributed by atoms with Gasteiger partial charge in [0.1, 0.15) is 5.75 Å². The van der Waals surface area contributed by atoms with Gasteiger partial charge in [0, 0.05) is 20.1 Å². The summed E-state index contributed by atoms with van der Waals surface area (Å²) in [5.74, 6) is 0.991. The minimum absolute atomic E-state index is 0.124. The summed E-state index contributed by atoms with van der Waals surface area (Å²) >= 11 is 0. The number of guanidine groups is 1. The third kappa shape index (κ3) is 7.67. The average molecular weight is 332 g/mol. The van der Waals surface area contributed by atoms with Crippen LogP contribution in [-0.4, -0.2) is 43.5 Å². The van der Waals surface area contributed by atoms with Crippen LogP contribution in [0.1, 0.15) is 25.3 Å². The summed E-state index contributed by atoms with van der Waals surface area (Å²) in [6, 6.07) is 7.51. The van der Waals surface area contributed by atoms with E-state index in [1.165, 1.54) is 0 Å². The number of allylic oxidation sites excluding steroid dienone is 1. The summed E-state index contributed by atoms with van der Waals surface area (Å²) in [6.45, 7) is 7.92. The molecule has 0 unspecified atom stereocenters. The van der Waals surface area contributed by atoms with Crippen molar-refractivity contribution in [3.8, 4) is 5.75 Å². The highest BCUT2D eigenvalue weighted by molar-refractivity contribution is 5.79. The van der Waals surface area contributed by atoms with Crippen molar-refractivity contribution >= 4 is 11.9 Å². The second kappa shape index (κ2) is 11.1. The van der Waals surface area contributed by atoms with Crippen molar-refractivity contribution in [2.45, 2.75) is 26.3 Å². The second-order valence-electron chi connectivity index (χ2n) is 5.43. The average Bonchev–Trinajstić information content (AvgIpc) is 2.57. The molecule has 0 heterocycles.